The van der Waals surface area contributed by atoms with Crippen LogP contribution in [0, 0.1) is 0 Å². The second kappa shape index (κ2) is 10.5. The Hall–Kier alpha value is -3.11. The lowest BCUT2D eigenvalue weighted by Gasteiger charge is -2.16. The first kappa shape index (κ1) is 22.1. The molecule has 1 saturated carbocycles. The molecule has 3 atom stereocenters. The van der Waals surface area contributed by atoms with Gasteiger partial charge in [0.1, 0.15) is 29.8 Å². The van der Waals surface area contributed by atoms with E-state index in [0.717, 1.165) is 36.3 Å². The quantitative estimate of drug-likeness (QED) is 0.425. The van der Waals surface area contributed by atoms with Crippen LogP contribution in [-0.4, -0.2) is 31.2 Å². The number of hydrogen-bond acceptors (Lipinski definition) is 4. The molecule has 0 aliphatic heterocycles. The van der Waals surface area contributed by atoms with Gasteiger partial charge >= 0.3 is 0 Å². The van der Waals surface area contributed by atoms with Gasteiger partial charge in [0.05, 0.1) is 0 Å². The number of Topliss-reactive ketones (excluding diaryl/α,β-unsaturated/α-hetero) is 1. The van der Waals surface area contributed by atoms with Crippen LogP contribution >= 0.6 is 0 Å². The highest BCUT2D eigenvalue weighted by atomic mass is 16.5. The summed E-state index contributed by atoms with van der Waals surface area (Å²) in [6, 6.07) is 26.6. The molecular weight excluding hydrogens is 400 g/mol. The molecule has 32 heavy (non-hydrogen) atoms. The summed E-state index contributed by atoms with van der Waals surface area (Å²) >= 11 is 0. The van der Waals surface area contributed by atoms with Crippen molar-refractivity contribution in [1.82, 2.24) is 0 Å². The zero-order valence-corrected chi connectivity index (χ0v) is 18.7. The normalized spacial score (nSPS) is 18.8. The number of methoxy groups -OCH3 is 1. The molecule has 4 heteroatoms. The Morgan fingerprint density at radius 2 is 1.34 bits per heavy atom. The van der Waals surface area contributed by atoms with Gasteiger partial charge in [-0.3, -0.25) is 4.79 Å². The molecule has 0 aromatic heterocycles. The molecule has 3 aromatic carbocycles. The van der Waals surface area contributed by atoms with E-state index in [1.54, 1.807) is 14.0 Å². The van der Waals surface area contributed by atoms with Gasteiger partial charge in [0.25, 0.3) is 0 Å². The molecular formula is C28H30O4. The highest BCUT2D eigenvalue weighted by molar-refractivity contribution is 5.80. The van der Waals surface area contributed by atoms with Crippen molar-refractivity contribution in [3.63, 3.8) is 0 Å². The lowest BCUT2D eigenvalue weighted by atomic mass is 10.1. The van der Waals surface area contributed by atoms with Gasteiger partial charge in [-0.2, -0.15) is 0 Å². The first-order chi connectivity index (χ1) is 15.6. The van der Waals surface area contributed by atoms with Gasteiger partial charge in [-0.05, 0) is 60.7 Å². The van der Waals surface area contributed by atoms with Gasteiger partial charge in [-0.25, -0.2) is 0 Å². The molecule has 0 unspecified atom stereocenters. The minimum Gasteiger partial charge on any atom is -0.490 e. The Balaban J connectivity index is 1.27. The summed E-state index contributed by atoms with van der Waals surface area (Å²) in [6.07, 6.45) is 3.34. The molecule has 3 aromatic rings. The van der Waals surface area contributed by atoms with Crippen LogP contribution in [0.5, 0.6) is 11.5 Å². The van der Waals surface area contributed by atoms with Gasteiger partial charge in [-0.15, -0.1) is 0 Å². The summed E-state index contributed by atoms with van der Waals surface area (Å²) in [5, 5.41) is 0. The highest BCUT2D eigenvalue weighted by Gasteiger charge is 2.27. The van der Waals surface area contributed by atoms with E-state index in [9.17, 15) is 4.79 Å². The minimum absolute atomic E-state index is 0.0412. The zero-order chi connectivity index (χ0) is 22.3. The predicted molar refractivity (Wildman–Crippen MR) is 126 cm³/mol. The fraction of sp³-hybridized carbons (Fsp3) is 0.321. The molecule has 1 fully saturated rings. The molecule has 0 amide bonds. The maximum Gasteiger partial charge on any atom is 0.158 e. The van der Waals surface area contributed by atoms with Crippen molar-refractivity contribution >= 4 is 5.78 Å². The fourth-order valence-electron chi connectivity index (χ4n) is 4.17. The second-order valence-electron chi connectivity index (χ2n) is 8.37. The molecule has 1 aliphatic rings. The lowest BCUT2D eigenvalue weighted by molar-refractivity contribution is -0.126. The standard InChI is InChI=1S/C28H30O4/c1-20(29)28(30-2)18-21-8-12-24(13-9-21)31-26-16-17-27(19-26)32-25-14-10-23(11-15-25)22-6-4-3-5-7-22/h3-15,26-28H,16-19H2,1-2H3/t26-,27-,28+/m1/s1. The van der Waals surface area contributed by atoms with Crippen molar-refractivity contribution in [2.45, 2.75) is 50.9 Å². The van der Waals surface area contributed by atoms with Crippen LogP contribution in [0.25, 0.3) is 11.1 Å². The van der Waals surface area contributed by atoms with Crippen LogP contribution in [0.2, 0.25) is 0 Å². The molecule has 166 valence electrons. The fourth-order valence-corrected chi connectivity index (χ4v) is 4.17. The minimum atomic E-state index is -0.392. The lowest BCUT2D eigenvalue weighted by Crippen LogP contribution is -2.22. The molecule has 0 N–H and O–H groups in total. The Kier molecular flexibility index (Phi) is 7.23. The van der Waals surface area contributed by atoms with E-state index in [-0.39, 0.29) is 18.0 Å². The summed E-state index contributed by atoms with van der Waals surface area (Å²) < 4.78 is 17.6. The van der Waals surface area contributed by atoms with Crippen LogP contribution in [0.4, 0.5) is 0 Å². The van der Waals surface area contributed by atoms with Crippen LogP contribution in [0.15, 0.2) is 78.9 Å². The third-order valence-corrected chi connectivity index (χ3v) is 5.99. The Morgan fingerprint density at radius 1 is 0.812 bits per heavy atom. The van der Waals surface area contributed by atoms with Gasteiger partial charge in [0.15, 0.2) is 5.78 Å². The van der Waals surface area contributed by atoms with E-state index in [4.69, 9.17) is 14.2 Å². The second-order valence-corrected chi connectivity index (χ2v) is 8.37. The third kappa shape index (κ3) is 5.77. The number of benzene rings is 3. The molecule has 1 aliphatic carbocycles. The molecule has 0 bridgehead atoms. The van der Waals surface area contributed by atoms with Crippen LogP contribution < -0.4 is 9.47 Å². The molecule has 0 saturated heterocycles. The van der Waals surface area contributed by atoms with Crippen molar-refractivity contribution in [3.8, 4) is 22.6 Å². The number of ether oxygens (including phenoxy) is 3. The zero-order valence-electron chi connectivity index (χ0n) is 18.7. The Morgan fingerprint density at radius 3 is 1.88 bits per heavy atom. The van der Waals surface area contributed by atoms with Crippen molar-refractivity contribution < 1.29 is 19.0 Å². The van der Waals surface area contributed by atoms with Crippen LogP contribution in [-0.2, 0) is 16.0 Å². The number of hydrogen-bond donors (Lipinski definition) is 0. The number of carbonyl (C=O) groups is 1. The maximum atomic E-state index is 11.6. The summed E-state index contributed by atoms with van der Waals surface area (Å²) in [5.41, 5.74) is 3.46. The van der Waals surface area contributed by atoms with Crippen molar-refractivity contribution in [2.24, 2.45) is 0 Å². The first-order valence-electron chi connectivity index (χ1n) is 11.2. The van der Waals surface area contributed by atoms with E-state index in [1.165, 1.54) is 11.1 Å². The van der Waals surface area contributed by atoms with E-state index in [2.05, 4.69) is 36.4 Å². The van der Waals surface area contributed by atoms with Crippen LogP contribution in [0.3, 0.4) is 0 Å². The van der Waals surface area contributed by atoms with Gasteiger partial charge in [0, 0.05) is 20.0 Å². The molecule has 0 spiro atoms. The third-order valence-electron chi connectivity index (χ3n) is 5.99. The van der Waals surface area contributed by atoms with E-state index in [0.29, 0.717) is 6.42 Å². The monoisotopic (exact) mass is 430 g/mol. The SMILES string of the molecule is CO[C@@H](Cc1ccc(O[C@@H]2CC[C@@H](Oc3ccc(-c4ccccc4)cc3)C2)cc1)C(C)=O. The Bertz CT molecular complexity index is 996. The average Bonchev–Trinajstić information content (AvgIpc) is 3.26. The van der Waals surface area contributed by atoms with Crippen molar-refractivity contribution in [2.75, 3.05) is 7.11 Å². The summed E-state index contributed by atoms with van der Waals surface area (Å²) in [6.45, 7) is 1.56. The summed E-state index contributed by atoms with van der Waals surface area (Å²) in [5.74, 6) is 1.79. The maximum absolute atomic E-state index is 11.6. The van der Waals surface area contributed by atoms with Crippen molar-refractivity contribution in [1.29, 1.82) is 0 Å². The van der Waals surface area contributed by atoms with E-state index >= 15 is 0 Å². The molecule has 0 radical (unpaired) electrons. The number of ketones is 1. The van der Waals surface area contributed by atoms with E-state index in [1.807, 2.05) is 42.5 Å². The topological polar surface area (TPSA) is 44.8 Å². The summed E-state index contributed by atoms with van der Waals surface area (Å²) in [4.78, 5) is 11.6. The average molecular weight is 431 g/mol. The predicted octanol–water partition coefficient (Wildman–Crippen LogP) is 5.88. The van der Waals surface area contributed by atoms with Crippen LogP contribution in [0.1, 0.15) is 31.7 Å². The van der Waals surface area contributed by atoms with E-state index < -0.39 is 6.10 Å². The van der Waals surface area contributed by atoms with Gasteiger partial charge < -0.3 is 14.2 Å². The summed E-state index contributed by atoms with van der Waals surface area (Å²) in [7, 11) is 1.57. The van der Waals surface area contributed by atoms with Gasteiger partial charge in [0.2, 0.25) is 0 Å². The molecule has 4 nitrogen and oxygen atoms in total. The Labute approximate surface area is 190 Å². The largest absolute Gasteiger partial charge is 0.490 e. The number of carbonyl (C=O) groups excluding carboxylic acids is 1. The first-order valence-corrected chi connectivity index (χ1v) is 11.2. The molecule has 0 heterocycles. The van der Waals surface area contributed by atoms with Crippen molar-refractivity contribution in [3.05, 3.63) is 84.4 Å². The van der Waals surface area contributed by atoms with Gasteiger partial charge in [-0.1, -0.05) is 54.6 Å². The molecule has 4 rings (SSSR count). The smallest absolute Gasteiger partial charge is 0.158 e. The highest BCUT2D eigenvalue weighted by Crippen LogP contribution is 2.29. The number of rotatable bonds is 9.